The Morgan fingerprint density at radius 3 is 2.73 bits per heavy atom. The van der Waals surface area contributed by atoms with Crippen molar-refractivity contribution >= 4 is 21.8 Å². The average molecular weight is 372 g/mol. The van der Waals surface area contributed by atoms with Crippen molar-refractivity contribution in [3.63, 3.8) is 0 Å². The van der Waals surface area contributed by atoms with E-state index in [1.165, 1.54) is 0 Å². The molecular weight excluding hydrogens is 346 g/mol. The van der Waals surface area contributed by atoms with E-state index in [1.54, 1.807) is 6.20 Å². The highest BCUT2D eigenvalue weighted by molar-refractivity contribution is 9.10. The Kier molecular flexibility index (Phi) is 8.42. The summed E-state index contributed by atoms with van der Waals surface area (Å²) in [5, 5.41) is 8.16. The Balaban J connectivity index is 2.67. The highest BCUT2D eigenvalue weighted by Crippen LogP contribution is 2.24. The number of hydrogen-bond acceptors (Lipinski definition) is 4. The molecule has 1 N–H and O–H groups in total. The second-order valence-corrected chi connectivity index (χ2v) is 6.14. The van der Waals surface area contributed by atoms with Gasteiger partial charge in [-0.05, 0) is 41.8 Å². The first-order valence-electron chi connectivity index (χ1n) is 7.69. The van der Waals surface area contributed by atoms with Gasteiger partial charge in [-0.25, -0.2) is 4.98 Å². The maximum absolute atomic E-state index is 8.16. The SMILES string of the molecule is CCCOC[C@@H](C)Oc1ncc(C(=N)N(C)CCC)cc1Br. The highest BCUT2D eigenvalue weighted by atomic mass is 79.9. The van der Waals surface area contributed by atoms with E-state index in [0.717, 1.165) is 36.0 Å². The Morgan fingerprint density at radius 1 is 1.41 bits per heavy atom. The van der Waals surface area contributed by atoms with Gasteiger partial charge in [0.2, 0.25) is 5.88 Å². The average Bonchev–Trinajstić information content (AvgIpc) is 2.49. The van der Waals surface area contributed by atoms with Crippen LogP contribution in [0.5, 0.6) is 5.88 Å². The third kappa shape index (κ3) is 5.93. The van der Waals surface area contributed by atoms with E-state index in [0.29, 0.717) is 18.3 Å². The molecule has 0 radical (unpaired) electrons. The summed E-state index contributed by atoms with van der Waals surface area (Å²) < 4.78 is 12.0. The molecular formula is C16H26BrN3O2. The van der Waals surface area contributed by atoms with Crippen LogP contribution in [-0.4, -0.2) is 48.6 Å². The normalized spacial score (nSPS) is 12.0. The second-order valence-electron chi connectivity index (χ2n) is 5.28. The van der Waals surface area contributed by atoms with Crippen molar-refractivity contribution in [3.05, 3.63) is 22.3 Å². The molecule has 0 spiro atoms. The molecule has 1 heterocycles. The molecule has 5 nitrogen and oxygen atoms in total. The van der Waals surface area contributed by atoms with Gasteiger partial charge in [0.05, 0.1) is 11.1 Å². The third-order valence-corrected chi connectivity index (χ3v) is 3.60. The minimum atomic E-state index is -0.0663. The van der Waals surface area contributed by atoms with E-state index < -0.39 is 0 Å². The van der Waals surface area contributed by atoms with Gasteiger partial charge in [-0.1, -0.05) is 13.8 Å². The predicted molar refractivity (Wildman–Crippen MR) is 92.9 cm³/mol. The first kappa shape index (κ1) is 18.9. The van der Waals surface area contributed by atoms with E-state index in [4.69, 9.17) is 14.9 Å². The monoisotopic (exact) mass is 371 g/mol. The highest BCUT2D eigenvalue weighted by Gasteiger charge is 2.13. The summed E-state index contributed by atoms with van der Waals surface area (Å²) in [5.74, 6) is 0.989. The molecule has 0 saturated carbocycles. The summed E-state index contributed by atoms with van der Waals surface area (Å²) in [6.07, 6.45) is 3.61. The standard InChI is InChI=1S/C16H26BrN3O2/c1-5-7-20(4)15(18)13-9-14(17)16(19-10-13)22-12(3)11-21-8-6-2/h9-10,12,18H,5-8,11H2,1-4H3/t12-/m1/s1. The van der Waals surface area contributed by atoms with Crippen LogP contribution in [0.25, 0.3) is 0 Å². The van der Waals surface area contributed by atoms with E-state index >= 15 is 0 Å². The Bertz CT molecular complexity index is 482. The second kappa shape index (κ2) is 9.79. The van der Waals surface area contributed by atoms with Crippen LogP contribution in [0.3, 0.4) is 0 Å². The van der Waals surface area contributed by atoms with Crippen molar-refractivity contribution < 1.29 is 9.47 Å². The maximum Gasteiger partial charge on any atom is 0.228 e. The van der Waals surface area contributed by atoms with Crippen LogP contribution in [0.2, 0.25) is 0 Å². The van der Waals surface area contributed by atoms with Crippen LogP contribution in [0.1, 0.15) is 39.2 Å². The fourth-order valence-corrected chi connectivity index (χ4v) is 2.37. The molecule has 1 rings (SSSR count). The van der Waals surface area contributed by atoms with Crippen molar-refractivity contribution in [2.24, 2.45) is 0 Å². The molecule has 0 aliphatic carbocycles. The molecule has 0 bridgehead atoms. The van der Waals surface area contributed by atoms with E-state index in [-0.39, 0.29) is 6.10 Å². The van der Waals surface area contributed by atoms with Crippen LogP contribution >= 0.6 is 15.9 Å². The van der Waals surface area contributed by atoms with Crippen LogP contribution in [-0.2, 0) is 4.74 Å². The first-order chi connectivity index (χ1) is 10.5. The summed E-state index contributed by atoms with van der Waals surface area (Å²) in [7, 11) is 1.91. The Labute approximate surface area is 141 Å². The minimum Gasteiger partial charge on any atom is -0.471 e. The summed E-state index contributed by atoms with van der Waals surface area (Å²) >= 11 is 3.47. The number of nitrogens with one attached hydrogen (secondary N) is 1. The van der Waals surface area contributed by atoms with Crippen LogP contribution < -0.4 is 4.74 Å². The predicted octanol–water partition coefficient (Wildman–Crippen LogP) is 3.71. The lowest BCUT2D eigenvalue weighted by Gasteiger charge is -2.20. The molecule has 22 heavy (non-hydrogen) atoms. The number of ether oxygens (including phenoxy) is 2. The number of rotatable bonds is 9. The quantitative estimate of drug-likeness (QED) is 0.408. The Hall–Kier alpha value is -1.14. The van der Waals surface area contributed by atoms with Gasteiger partial charge in [0, 0.05) is 32.0 Å². The molecule has 1 atom stereocenters. The summed E-state index contributed by atoms with van der Waals surface area (Å²) in [6.45, 7) is 8.25. The van der Waals surface area contributed by atoms with Crippen molar-refractivity contribution in [1.82, 2.24) is 9.88 Å². The van der Waals surface area contributed by atoms with Crippen molar-refractivity contribution in [2.75, 3.05) is 26.8 Å². The molecule has 0 fully saturated rings. The topological polar surface area (TPSA) is 58.4 Å². The number of hydrogen-bond donors (Lipinski definition) is 1. The van der Waals surface area contributed by atoms with Crippen molar-refractivity contribution in [1.29, 1.82) is 5.41 Å². The zero-order chi connectivity index (χ0) is 16.5. The fourth-order valence-electron chi connectivity index (χ4n) is 1.93. The molecule has 0 aromatic carbocycles. The van der Waals surface area contributed by atoms with E-state index in [2.05, 4.69) is 34.8 Å². The molecule has 0 unspecified atom stereocenters. The van der Waals surface area contributed by atoms with Crippen molar-refractivity contribution in [2.45, 2.75) is 39.7 Å². The van der Waals surface area contributed by atoms with Crippen LogP contribution in [0.15, 0.2) is 16.7 Å². The zero-order valence-electron chi connectivity index (χ0n) is 13.9. The van der Waals surface area contributed by atoms with Gasteiger partial charge in [0.25, 0.3) is 0 Å². The summed E-state index contributed by atoms with van der Waals surface area (Å²) in [6, 6.07) is 1.87. The van der Waals surface area contributed by atoms with Crippen LogP contribution in [0, 0.1) is 5.41 Å². The number of halogens is 1. The zero-order valence-corrected chi connectivity index (χ0v) is 15.4. The maximum atomic E-state index is 8.16. The van der Waals surface area contributed by atoms with Gasteiger partial charge in [-0.3, -0.25) is 5.41 Å². The lowest BCUT2D eigenvalue weighted by molar-refractivity contribution is 0.0564. The van der Waals surface area contributed by atoms with Gasteiger partial charge in [0.1, 0.15) is 11.9 Å². The van der Waals surface area contributed by atoms with Gasteiger partial charge < -0.3 is 14.4 Å². The van der Waals surface area contributed by atoms with E-state index in [1.807, 2.05) is 24.9 Å². The number of aromatic nitrogens is 1. The minimum absolute atomic E-state index is 0.0663. The fraction of sp³-hybridized carbons (Fsp3) is 0.625. The lowest BCUT2D eigenvalue weighted by atomic mass is 10.2. The number of nitrogens with zero attached hydrogens (tertiary/aromatic N) is 2. The molecule has 1 aromatic rings. The molecule has 0 saturated heterocycles. The van der Waals surface area contributed by atoms with Gasteiger partial charge in [0.15, 0.2) is 0 Å². The third-order valence-electron chi connectivity index (χ3n) is 3.04. The van der Waals surface area contributed by atoms with Crippen LogP contribution in [0.4, 0.5) is 0 Å². The Morgan fingerprint density at radius 2 is 2.14 bits per heavy atom. The molecule has 0 amide bonds. The first-order valence-corrected chi connectivity index (χ1v) is 8.48. The lowest BCUT2D eigenvalue weighted by Crippen LogP contribution is -2.27. The van der Waals surface area contributed by atoms with Crippen molar-refractivity contribution in [3.8, 4) is 5.88 Å². The summed E-state index contributed by atoms with van der Waals surface area (Å²) in [4.78, 5) is 6.23. The smallest absolute Gasteiger partial charge is 0.228 e. The number of amidine groups is 1. The molecule has 1 aromatic heterocycles. The molecule has 0 aliphatic rings. The molecule has 0 aliphatic heterocycles. The molecule has 6 heteroatoms. The van der Waals surface area contributed by atoms with Gasteiger partial charge in [-0.2, -0.15) is 0 Å². The largest absolute Gasteiger partial charge is 0.471 e. The van der Waals surface area contributed by atoms with Gasteiger partial charge >= 0.3 is 0 Å². The van der Waals surface area contributed by atoms with Gasteiger partial charge in [-0.15, -0.1) is 0 Å². The molecule has 124 valence electrons. The number of pyridine rings is 1. The summed E-state index contributed by atoms with van der Waals surface area (Å²) in [5.41, 5.74) is 0.769. The van der Waals surface area contributed by atoms with E-state index in [9.17, 15) is 0 Å².